The summed E-state index contributed by atoms with van der Waals surface area (Å²) in [4.78, 5) is 0. The molecule has 1 atom stereocenters. The van der Waals surface area contributed by atoms with Crippen LogP contribution in [0.4, 0.5) is 0 Å². The minimum atomic E-state index is 0.0531. The Morgan fingerprint density at radius 1 is 1.61 bits per heavy atom. The number of aryl methyl sites for hydroxylation is 1. The third kappa shape index (κ3) is 2.92. The first-order chi connectivity index (χ1) is 8.70. The van der Waals surface area contributed by atoms with E-state index in [-0.39, 0.29) is 11.9 Å². The van der Waals surface area contributed by atoms with E-state index in [1.54, 1.807) is 6.07 Å². The number of benzene rings is 1. The van der Waals surface area contributed by atoms with Gasteiger partial charge in [0.05, 0.1) is 11.7 Å². The van der Waals surface area contributed by atoms with E-state index < -0.39 is 0 Å². The number of hydrogen-bond acceptors (Lipinski definition) is 4. The van der Waals surface area contributed by atoms with Crippen molar-refractivity contribution in [3.63, 3.8) is 0 Å². The Bertz CT molecular complexity index is 440. The fourth-order valence-corrected chi connectivity index (χ4v) is 1.97. The predicted molar refractivity (Wildman–Crippen MR) is 68.2 cm³/mol. The fraction of sp³-hybridized carbons (Fsp3) is 0.462. The molecule has 0 aliphatic carbocycles. The monoisotopic (exact) mass is 250 g/mol. The van der Waals surface area contributed by atoms with Gasteiger partial charge in [0.2, 0.25) is 0 Å². The van der Waals surface area contributed by atoms with Crippen LogP contribution in [-0.2, 0) is 4.74 Å². The van der Waals surface area contributed by atoms with Crippen molar-refractivity contribution in [1.82, 2.24) is 0 Å². The molecule has 0 amide bonds. The van der Waals surface area contributed by atoms with E-state index in [4.69, 9.17) is 20.4 Å². The van der Waals surface area contributed by atoms with Crippen molar-refractivity contribution in [1.29, 1.82) is 0 Å². The van der Waals surface area contributed by atoms with E-state index in [1.165, 1.54) is 0 Å². The average Bonchev–Trinajstić information content (AvgIpc) is 2.88. The van der Waals surface area contributed by atoms with Crippen molar-refractivity contribution < 1.29 is 14.7 Å². The summed E-state index contributed by atoms with van der Waals surface area (Å²) < 4.78 is 11.2. The maximum atomic E-state index is 8.74. The van der Waals surface area contributed by atoms with Crippen molar-refractivity contribution in [3.8, 4) is 5.75 Å². The number of oxime groups is 1. The number of ether oxygens (including phenoxy) is 2. The molecule has 1 fully saturated rings. The van der Waals surface area contributed by atoms with Crippen LogP contribution in [-0.4, -0.2) is 30.4 Å². The average molecular weight is 250 g/mol. The van der Waals surface area contributed by atoms with Crippen LogP contribution in [0.15, 0.2) is 23.4 Å². The van der Waals surface area contributed by atoms with Gasteiger partial charge in [-0.25, -0.2) is 0 Å². The molecule has 0 radical (unpaired) electrons. The van der Waals surface area contributed by atoms with Gasteiger partial charge in [0.1, 0.15) is 12.4 Å². The number of nitrogens with two attached hydrogens (primary N) is 1. The second-order valence-corrected chi connectivity index (χ2v) is 4.43. The largest absolute Gasteiger partial charge is 0.490 e. The molecule has 1 aromatic carbocycles. The van der Waals surface area contributed by atoms with E-state index in [2.05, 4.69) is 5.16 Å². The van der Waals surface area contributed by atoms with Gasteiger partial charge in [-0.1, -0.05) is 11.2 Å². The summed E-state index contributed by atoms with van der Waals surface area (Å²) in [6.45, 7) is 3.26. The molecule has 1 aliphatic rings. The first kappa shape index (κ1) is 12.7. The van der Waals surface area contributed by atoms with Crippen LogP contribution in [0.1, 0.15) is 24.0 Å². The van der Waals surface area contributed by atoms with Crippen molar-refractivity contribution in [2.75, 3.05) is 13.2 Å². The SMILES string of the molecule is Cc1ccc(C(N)=NO)c(OCC2CCCO2)c1. The van der Waals surface area contributed by atoms with Gasteiger partial charge < -0.3 is 20.4 Å². The Labute approximate surface area is 106 Å². The van der Waals surface area contributed by atoms with Crippen molar-refractivity contribution >= 4 is 5.84 Å². The lowest BCUT2D eigenvalue weighted by molar-refractivity contribution is 0.0678. The molecule has 5 heteroatoms. The highest BCUT2D eigenvalue weighted by Crippen LogP contribution is 2.22. The van der Waals surface area contributed by atoms with Crippen LogP contribution in [0, 0.1) is 6.92 Å². The van der Waals surface area contributed by atoms with E-state index >= 15 is 0 Å². The lowest BCUT2D eigenvalue weighted by Gasteiger charge is -2.14. The molecule has 18 heavy (non-hydrogen) atoms. The Hall–Kier alpha value is -1.75. The second-order valence-electron chi connectivity index (χ2n) is 4.43. The summed E-state index contributed by atoms with van der Waals surface area (Å²) in [7, 11) is 0. The highest BCUT2D eigenvalue weighted by molar-refractivity contribution is 5.99. The molecule has 1 saturated heterocycles. The van der Waals surface area contributed by atoms with Gasteiger partial charge in [0, 0.05) is 6.61 Å². The molecule has 1 aromatic rings. The first-order valence-corrected chi connectivity index (χ1v) is 6.03. The summed E-state index contributed by atoms with van der Waals surface area (Å²) in [5.74, 6) is 0.679. The number of amidine groups is 1. The first-order valence-electron chi connectivity index (χ1n) is 6.03. The smallest absolute Gasteiger partial charge is 0.173 e. The summed E-state index contributed by atoms with van der Waals surface area (Å²) in [6, 6.07) is 5.56. The summed E-state index contributed by atoms with van der Waals surface area (Å²) in [5.41, 5.74) is 7.28. The minimum absolute atomic E-state index is 0.0531. The van der Waals surface area contributed by atoms with Crippen molar-refractivity contribution in [3.05, 3.63) is 29.3 Å². The minimum Gasteiger partial charge on any atom is -0.490 e. The molecular formula is C13H18N2O3. The number of hydrogen-bond donors (Lipinski definition) is 2. The molecule has 1 heterocycles. The molecule has 0 saturated carbocycles. The summed E-state index contributed by atoms with van der Waals surface area (Å²) in [5, 5.41) is 11.8. The maximum absolute atomic E-state index is 8.74. The highest BCUT2D eigenvalue weighted by atomic mass is 16.5. The fourth-order valence-electron chi connectivity index (χ4n) is 1.97. The van der Waals surface area contributed by atoms with E-state index in [0.29, 0.717) is 17.9 Å². The second kappa shape index (κ2) is 5.73. The quantitative estimate of drug-likeness (QED) is 0.368. The van der Waals surface area contributed by atoms with Crippen LogP contribution in [0.2, 0.25) is 0 Å². The van der Waals surface area contributed by atoms with Crippen LogP contribution in [0.5, 0.6) is 5.75 Å². The van der Waals surface area contributed by atoms with Crippen LogP contribution < -0.4 is 10.5 Å². The van der Waals surface area contributed by atoms with Gasteiger partial charge in [-0.2, -0.15) is 0 Å². The molecule has 0 aromatic heterocycles. The Balaban J connectivity index is 2.11. The van der Waals surface area contributed by atoms with Gasteiger partial charge in [0.15, 0.2) is 5.84 Å². The van der Waals surface area contributed by atoms with Crippen molar-refractivity contribution in [2.24, 2.45) is 10.9 Å². The Morgan fingerprint density at radius 3 is 3.11 bits per heavy atom. The van der Waals surface area contributed by atoms with Gasteiger partial charge in [-0.3, -0.25) is 0 Å². The van der Waals surface area contributed by atoms with E-state index in [1.807, 2.05) is 19.1 Å². The lowest BCUT2D eigenvalue weighted by Crippen LogP contribution is -2.19. The zero-order valence-electron chi connectivity index (χ0n) is 10.4. The maximum Gasteiger partial charge on any atom is 0.173 e. The molecule has 98 valence electrons. The highest BCUT2D eigenvalue weighted by Gasteiger charge is 2.17. The molecule has 1 aliphatic heterocycles. The molecular weight excluding hydrogens is 232 g/mol. The topological polar surface area (TPSA) is 77.1 Å². The number of rotatable bonds is 4. The Morgan fingerprint density at radius 2 is 2.44 bits per heavy atom. The number of nitrogens with zero attached hydrogens (tertiary/aromatic N) is 1. The van der Waals surface area contributed by atoms with Crippen molar-refractivity contribution in [2.45, 2.75) is 25.9 Å². The van der Waals surface area contributed by atoms with Gasteiger partial charge in [0.25, 0.3) is 0 Å². The normalized spacial score (nSPS) is 20.1. The molecule has 3 N–H and O–H groups in total. The predicted octanol–water partition coefficient (Wildman–Crippen LogP) is 1.65. The standard InChI is InChI=1S/C13H18N2O3/c1-9-4-5-11(13(14)15-16)12(7-9)18-8-10-3-2-6-17-10/h4-5,7,10,16H,2-3,6,8H2,1H3,(H2,14,15). The molecule has 5 nitrogen and oxygen atoms in total. The summed E-state index contributed by atoms with van der Waals surface area (Å²) >= 11 is 0. The third-order valence-corrected chi connectivity index (χ3v) is 2.97. The molecule has 0 spiro atoms. The zero-order chi connectivity index (χ0) is 13.0. The van der Waals surface area contributed by atoms with Gasteiger partial charge in [-0.15, -0.1) is 0 Å². The zero-order valence-corrected chi connectivity index (χ0v) is 10.4. The summed E-state index contributed by atoms with van der Waals surface area (Å²) in [6.07, 6.45) is 2.24. The molecule has 0 bridgehead atoms. The lowest BCUT2D eigenvalue weighted by atomic mass is 10.1. The van der Waals surface area contributed by atoms with Crippen LogP contribution in [0.25, 0.3) is 0 Å². The Kier molecular flexibility index (Phi) is 4.04. The van der Waals surface area contributed by atoms with Gasteiger partial charge in [-0.05, 0) is 37.5 Å². The van der Waals surface area contributed by atoms with E-state index in [0.717, 1.165) is 25.0 Å². The van der Waals surface area contributed by atoms with Crippen LogP contribution in [0.3, 0.4) is 0 Å². The van der Waals surface area contributed by atoms with Gasteiger partial charge >= 0.3 is 0 Å². The van der Waals surface area contributed by atoms with E-state index in [9.17, 15) is 0 Å². The van der Waals surface area contributed by atoms with Crippen LogP contribution >= 0.6 is 0 Å². The molecule has 1 unspecified atom stereocenters. The third-order valence-electron chi connectivity index (χ3n) is 2.97. The molecule has 2 rings (SSSR count).